The number of rotatable bonds is 7. The lowest BCUT2D eigenvalue weighted by Crippen LogP contribution is -2.46. The Bertz CT molecular complexity index is 320. The van der Waals surface area contributed by atoms with Gasteiger partial charge in [-0.05, 0) is 25.7 Å². The van der Waals surface area contributed by atoms with Gasteiger partial charge in [-0.1, -0.05) is 6.92 Å². The van der Waals surface area contributed by atoms with E-state index in [1.807, 2.05) is 4.90 Å². The van der Waals surface area contributed by atoms with E-state index in [2.05, 4.69) is 5.32 Å². The Morgan fingerprint density at radius 1 is 1.50 bits per heavy atom. The SMILES string of the molecule is COCC1CCCN(C(=O)NCCCC(C)C(=O)O)C1. The lowest BCUT2D eigenvalue weighted by molar-refractivity contribution is -0.141. The van der Waals surface area contributed by atoms with Crippen LogP contribution in [-0.4, -0.2) is 55.4 Å². The molecule has 0 saturated carbocycles. The highest BCUT2D eigenvalue weighted by molar-refractivity contribution is 5.74. The van der Waals surface area contributed by atoms with E-state index in [1.54, 1.807) is 14.0 Å². The molecule has 0 aliphatic carbocycles. The Balaban J connectivity index is 2.20. The summed E-state index contributed by atoms with van der Waals surface area (Å²) in [6.45, 7) is 4.44. The number of piperidine rings is 1. The van der Waals surface area contributed by atoms with Crippen molar-refractivity contribution in [2.75, 3.05) is 33.4 Å². The Labute approximate surface area is 120 Å². The first-order valence-corrected chi connectivity index (χ1v) is 7.29. The van der Waals surface area contributed by atoms with Crippen LogP contribution < -0.4 is 5.32 Å². The van der Waals surface area contributed by atoms with Gasteiger partial charge in [-0.15, -0.1) is 0 Å². The van der Waals surface area contributed by atoms with E-state index in [4.69, 9.17) is 9.84 Å². The second-order valence-corrected chi connectivity index (χ2v) is 5.52. The maximum absolute atomic E-state index is 12.0. The van der Waals surface area contributed by atoms with Gasteiger partial charge >= 0.3 is 12.0 Å². The first kappa shape index (κ1) is 16.8. The molecule has 20 heavy (non-hydrogen) atoms. The molecule has 0 radical (unpaired) electrons. The topological polar surface area (TPSA) is 78.9 Å². The third kappa shape index (κ3) is 5.77. The van der Waals surface area contributed by atoms with Gasteiger partial charge in [0.15, 0.2) is 0 Å². The van der Waals surface area contributed by atoms with Crippen LogP contribution in [0.25, 0.3) is 0 Å². The fraction of sp³-hybridized carbons (Fsp3) is 0.857. The van der Waals surface area contributed by atoms with Crippen LogP contribution in [0.1, 0.15) is 32.6 Å². The van der Waals surface area contributed by atoms with Gasteiger partial charge in [0.2, 0.25) is 0 Å². The van der Waals surface area contributed by atoms with Gasteiger partial charge in [0, 0.05) is 32.7 Å². The van der Waals surface area contributed by atoms with Gasteiger partial charge in [-0.25, -0.2) is 4.79 Å². The molecule has 0 bridgehead atoms. The first-order chi connectivity index (χ1) is 9.54. The second kappa shape index (κ2) is 8.79. The zero-order valence-electron chi connectivity index (χ0n) is 12.4. The molecular weight excluding hydrogens is 260 g/mol. The van der Waals surface area contributed by atoms with Crippen molar-refractivity contribution in [3.8, 4) is 0 Å². The summed E-state index contributed by atoms with van der Waals surface area (Å²) < 4.78 is 5.14. The Kier molecular flexibility index (Phi) is 7.36. The van der Waals surface area contributed by atoms with Crippen molar-refractivity contribution >= 4 is 12.0 Å². The summed E-state index contributed by atoms with van der Waals surface area (Å²) in [6, 6.07) is -0.0474. The monoisotopic (exact) mass is 286 g/mol. The van der Waals surface area contributed by atoms with E-state index >= 15 is 0 Å². The zero-order chi connectivity index (χ0) is 15.0. The number of aliphatic carboxylic acids is 1. The Hall–Kier alpha value is -1.30. The summed E-state index contributed by atoms with van der Waals surface area (Å²) in [4.78, 5) is 24.5. The first-order valence-electron chi connectivity index (χ1n) is 7.29. The number of methoxy groups -OCH3 is 1. The second-order valence-electron chi connectivity index (χ2n) is 5.52. The van der Waals surface area contributed by atoms with Gasteiger partial charge in [-0.3, -0.25) is 4.79 Å². The molecule has 1 heterocycles. The molecule has 2 atom stereocenters. The molecule has 1 rings (SSSR count). The molecule has 1 saturated heterocycles. The quantitative estimate of drug-likeness (QED) is 0.696. The number of urea groups is 1. The molecule has 0 aromatic rings. The summed E-state index contributed by atoms with van der Waals surface area (Å²) in [5.74, 6) is -0.714. The maximum atomic E-state index is 12.0. The molecule has 6 nitrogen and oxygen atoms in total. The number of nitrogens with zero attached hydrogens (tertiary/aromatic N) is 1. The van der Waals surface area contributed by atoms with E-state index < -0.39 is 5.97 Å². The van der Waals surface area contributed by atoms with Crippen molar-refractivity contribution in [2.45, 2.75) is 32.6 Å². The molecule has 1 aliphatic rings. The maximum Gasteiger partial charge on any atom is 0.317 e. The van der Waals surface area contributed by atoms with Gasteiger partial charge in [0.25, 0.3) is 0 Å². The van der Waals surface area contributed by atoms with Crippen molar-refractivity contribution < 1.29 is 19.4 Å². The van der Waals surface area contributed by atoms with Crippen LogP contribution >= 0.6 is 0 Å². The smallest absolute Gasteiger partial charge is 0.317 e. The number of nitrogens with one attached hydrogen (secondary N) is 1. The van der Waals surface area contributed by atoms with Crippen LogP contribution in [0.4, 0.5) is 4.79 Å². The third-order valence-electron chi connectivity index (χ3n) is 3.72. The number of ether oxygens (including phenoxy) is 1. The molecular formula is C14H26N2O4. The van der Waals surface area contributed by atoms with Crippen molar-refractivity contribution in [1.82, 2.24) is 10.2 Å². The van der Waals surface area contributed by atoms with E-state index in [9.17, 15) is 9.59 Å². The minimum Gasteiger partial charge on any atom is -0.481 e. The van der Waals surface area contributed by atoms with Gasteiger partial charge in [0.05, 0.1) is 12.5 Å². The Morgan fingerprint density at radius 3 is 2.90 bits per heavy atom. The fourth-order valence-electron chi connectivity index (χ4n) is 2.46. The molecule has 116 valence electrons. The predicted molar refractivity (Wildman–Crippen MR) is 75.6 cm³/mol. The van der Waals surface area contributed by atoms with Crippen molar-refractivity contribution in [1.29, 1.82) is 0 Å². The molecule has 1 aliphatic heterocycles. The number of carbonyl (C=O) groups is 2. The lowest BCUT2D eigenvalue weighted by atomic mass is 9.99. The molecule has 2 N–H and O–H groups in total. The number of likely N-dealkylation sites (tertiary alicyclic amines) is 1. The van der Waals surface area contributed by atoms with Gasteiger partial charge in [-0.2, -0.15) is 0 Å². The van der Waals surface area contributed by atoms with Crippen LogP contribution in [0, 0.1) is 11.8 Å². The Morgan fingerprint density at radius 2 is 2.25 bits per heavy atom. The van der Waals surface area contributed by atoms with Gasteiger partial charge < -0.3 is 20.1 Å². The molecule has 2 unspecified atom stereocenters. The summed E-state index contributed by atoms with van der Waals surface area (Å²) >= 11 is 0. The van der Waals surface area contributed by atoms with Crippen molar-refractivity contribution in [3.05, 3.63) is 0 Å². The highest BCUT2D eigenvalue weighted by Crippen LogP contribution is 2.16. The number of hydrogen-bond acceptors (Lipinski definition) is 3. The predicted octanol–water partition coefficient (Wildman–Crippen LogP) is 1.56. The lowest BCUT2D eigenvalue weighted by Gasteiger charge is -2.32. The number of carboxylic acids is 1. The fourth-order valence-corrected chi connectivity index (χ4v) is 2.46. The minimum absolute atomic E-state index is 0.0474. The molecule has 2 amide bonds. The summed E-state index contributed by atoms with van der Waals surface area (Å²) in [5, 5.41) is 11.6. The summed E-state index contributed by atoms with van der Waals surface area (Å²) in [5.41, 5.74) is 0. The van der Waals surface area contributed by atoms with Crippen LogP contribution in [0.2, 0.25) is 0 Å². The normalized spacial score (nSPS) is 20.5. The van der Waals surface area contributed by atoms with Crippen LogP contribution in [0.5, 0.6) is 0 Å². The van der Waals surface area contributed by atoms with E-state index in [1.165, 1.54) is 0 Å². The van der Waals surface area contributed by atoms with E-state index in [-0.39, 0.29) is 11.9 Å². The van der Waals surface area contributed by atoms with Crippen LogP contribution in [0.3, 0.4) is 0 Å². The van der Waals surface area contributed by atoms with Crippen molar-refractivity contribution in [3.63, 3.8) is 0 Å². The largest absolute Gasteiger partial charge is 0.481 e. The molecule has 1 fully saturated rings. The molecule has 0 spiro atoms. The molecule has 6 heteroatoms. The minimum atomic E-state index is -0.783. The highest BCUT2D eigenvalue weighted by Gasteiger charge is 2.23. The standard InChI is InChI=1S/C14H26N2O4/c1-11(13(17)18)5-3-7-15-14(19)16-8-4-6-12(9-16)10-20-2/h11-12H,3-10H2,1-2H3,(H,15,19)(H,17,18). The van der Waals surface area contributed by atoms with Crippen LogP contribution in [0.15, 0.2) is 0 Å². The number of amides is 2. The number of carboxylic acid groups (broad SMARTS) is 1. The third-order valence-corrected chi connectivity index (χ3v) is 3.72. The average Bonchev–Trinajstić information content (AvgIpc) is 2.43. The average molecular weight is 286 g/mol. The highest BCUT2D eigenvalue weighted by atomic mass is 16.5. The summed E-state index contributed by atoms with van der Waals surface area (Å²) in [6.07, 6.45) is 3.39. The summed E-state index contributed by atoms with van der Waals surface area (Å²) in [7, 11) is 1.68. The van der Waals surface area contributed by atoms with E-state index in [0.717, 1.165) is 25.9 Å². The molecule has 0 aromatic carbocycles. The molecule has 0 aromatic heterocycles. The number of carbonyl (C=O) groups excluding carboxylic acids is 1. The zero-order valence-corrected chi connectivity index (χ0v) is 12.4. The number of hydrogen-bond donors (Lipinski definition) is 2. The van der Waals surface area contributed by atoms with Gasteiger partial charge in [0.1, 0.15) is 0 Å². The van der Waals surface area contributed by atoms with Crippen molar-refractivity contribution in [2.24, 2.45) is 11.8 Å². The van der Waals surface area contributed by atoms with E-state index in [0.29, 0.717) is 31.9 Å². The van der Waals surface area contributed by atoms with Crippen LogP contribution in [-0.2, 0) is 9.53 Å².